The average molecular weight is 208 g/mol. The summed E-state index contributed by atoms with van der Waals surface area (Å²) in [7, 11) is 1.59. The van der Waals surface area contributed by atoms with E-state index in [1.807, 2.05) is 37.3 Å². The average Bonchev–Trinajstić information content (AvgIpc) is 2.18. The molecule has 0 aliphatic heterocycles. The van der Waals surface area contributed by atoms with Crippen LogP contribution in [0.1, 0.15) is 19.4 Å². The molecule has 1 rings (SSSR count). The second-order valence-electron chi connectivity index (χ2n) is 3.62. The van der Waals surface area contributed by atoms with Crippen LogP contribution in [0.5, 0.6) is 0 Å². The van der Waals surface area contributed by atoms with Gasteiger partial charge in [0.2, 0.25) is 0 Å². The number of benzene rings is 1. The van der Waals surface area contributed by atoms with E-state index in [9.17, 15) is 4.79 Å². The Kier molecular flexibility index (Phi) is 3.86. The molecule has 82 valence electrons. The van der Waals surface area contributed by atoms with E-state index in [4.69, 9.17) is 9.47 Å². The Morgan fingerprint density at radius 1 is 1.33 bits per heavy atom. The highest BCUT2D eigenvalue weighted by molar-refractivity contribution is 5.66. The molecule has 1 aromatic carbocycles. The first-order valence-corrected chi connectivity index (χ1v) is 4.82. The third kappa shape index (κ3) is 3.06. The summed E-state index contributed by atoms with van der Waals surface area (Å²) in [6, 6.07) is 9.58. The van der Waals surface area contributed by atoms with Crippen molar-refractivity contribution in [2.45, 2.75) is 19.4 Å². The van der Waals surface area contributed by atoms with Gasteiger partial charge in [-0.2, -0.15) is 0 Å². The molecule has 1 unspecified atom stereocenters. The molecule has 0 saturated carbocycles. The Bertz CT molecular complexity index is 321. The molecule has 15 heavy (non-hydrogen) atoms. The number of carbonyl (C=O) groups is 1. The maximum Gasteiger partial charge on any atom is 0.303 e. The molecule has 1 aromatic rings. The highest BCUT2D eigenvalue weighted by atomic mass is 16.6. The van der Waals surface area contributed by atoms with Crippen LogP contribution in [0.2, 0.25) is 0 Å². The molecular weight excluding hydrogens is 192 g/mol. The van der Waals surface area contributed by atoms with E-state index >= 15 is 0 Å². The number of ether oxygens (including phenoxy) is 2. The van der Waals surface area contributed by atoms with Crippen molar-refractivity contribution < 1.29 is 14.3 Å². The lowest BCUT2D eigenvalue weighted by atomic mass is 9.97. The van der Waals surface area contributed by atoms with Crippen molar-refractivity contribution in [1.82, 2.24) is 0 Å². The highest BCUT2D eigenvalue weighted by Gasteiger charge is 2.29. The normalized spacial score (nSPS) is 14.3. The molecule has 3 heteroatoms. The van der Waals surface area contributed by atoms with Crippen molar-refractivity contribution in [1.29, 1.82) is 0 Å². The number of rotatable bonds is 4. The Labute approximate surface area is 90.0 Å². The van der Waals surface area contributed by atoms with Crippen molar-refractivity contribution in [2.75, 3.05) is 13.7 Å². The predicted molar refractivity (Wildman–Crippen MR) is 57.4 cm³/mol. The summed E-state index contributed by atoms with van der Waals surface area (Å²) in [5.74, 6) is -0.307. The van der Waals surface area contributed by atoms with Crippen molar-refractivity contribution in [3.63, 3.8) is 0 Å². The Morgan fingerprint density at radius 3 is 2.40 bits per heavy atom. The van der Waals surface area contributed by atoms with Gasteiger partial charge in [-0.05, 0) is 12.5 Å². The molecule has 0 N–H and O–H groups in total. The maximum atomic E-state index is 11.0. The summed E-state index contributed by atoms with van der Waals surface area (Å²) in [5, 5.41) is 0. The van der Waals surface area contributed by atoms with E-state index in [-0.39, 0.29) is 5.97 Å². The van der Waals surface area contributed by atoms with E-state index in [1.165, 1.54) is 6.92 Å². The monoisotopic (exact) mass is 208 g/mol. The first kappa shape index (κ1) is 11.7. The number of esters is 1. The van der Waals surface area contributed by atoms with Crippen LogP contribution in [0.15, 0.2) is 30.3 Å². The fraction of sp³-hybridized carbons (Fsp3) is 0.417. The summed E-state index contributed by atoms with van der Waals surface area (Å²) in [6.07, 6.45) is 0. The van der Waals surface area contributed by atoms with Gasteiger partial charge in [-0.25, -0.2) is 0 Å². The van der Waals surface area contributed by atoms with Crippen molar-refractivity contribution in [3.05, 3.63) is 35.9 Å². The Hall–Kier alpha value is -1.35. The van der Waals surface area contributed by atoms with Gasteiger partial charge in [0.25, 0.3) is 0 Å². The second kappa shape index (κ2) is 4.94. The smallest absolute Gasteiger partial charge is 0.303 e. The van der Waals surface area contributed by atoms with Crippen molar-refractivity contribution in [3.8, 4) is 0 Å². The number of methoxy groups -OCH3 is 1. The minimum atomic E-state index is -0.707. The van der Waals surface area contributed by atoms with Crippen molar-refractivity contribution >= 4 is 5.97 Å². The minimum Gasteiger partial charge on any atom is -0.452 e. The Morgan fingerprint density at radius 2 is 1.93 bits per heavy atom. The zero-order chi connectivity index (χ0) is 11.3. The molecule has 0 aromatic heterocycles. The van der Waals surface area contributed by atoms with E-state index < -0.39 is 5.60 Å². The van der Waals surface area contributed by atoms with Crippen LogP contribution >= 0.6 is 0 Å². The van der Waals surface area contributed by atoms with Crippen LogP contribution in [0.3, 0.4) is 0 Å². The quantitative estimate of drug-likeness (QED) is 0.711. The van der Waals surface area contributed by atoms with Crippen LogP contribution in [0.4, 0.5) is 0 Å². The zero-order valence-corrected chi connectivity index (χ0v) is 9.32. The third-order valence-electron chi connectivity index (χ3n) is 2.17. The lowest BCUT2D eigenvalue weighted by molar-refractivity contribution is -0.162. The molecule has 3 nitrogen and oxygen atoms in total. The van der Waals surface area contributed by atoms with Crippen LogP contribution < -0.4 is 0 Å². The van der Waals surface area contributed by atoms with Gasteiger partial charge in [0.05, 0.1) is 6.61 Å². The van der Waals surface area contributed by atoms with Crippen LogP contribution in [0, 0.1) is 0 Å². The maximum absolute atomic E-state index is 11.0. The molecule has 0 radical (unpaired) electrons. The van der Waals surface area contributed by atoms with Crippen LogP contribution in [-0.2, 0) is 19.9 Å². The molecule has 0 heterocycles. The van der Waals surface area contributed by atoms with E-state index in [0.29, 0.717) is 6.61 Å². The van der Waals surface area contributed by atoms with E-state index in [1.54, 1.807) is 7.11 Å². The molecular formula is C12H16O3. The predicted octanol–water partition coefficient (Wildman–Crippen LogP) is 2.11. The van der Waals surface area contributed by atoms with E-state index in [0.717, 1.165) is 5.56 Å². The van der Waals surface area contributed by atoms with Crippen molar-refractivity contribution in [2.24, 2.45) is 0 Å². The molecule has 0 fully saturated rings. The largest absolute Gasteiger partial charge is 0.452 e. The van der Waals surface area contributed by atoms with Gasteiger partial charge in [-0.1, -0.05) is 30.3 Å². The van der Waals surface area contributed by atoms with Crippen LogP contribution in [-0.4, -0.2) is 19.7 Å². The molecule has 1 atom stereocenters. The van der Waals surface area contributed by atoms with Gasteiger partial charge in [0.1, 0.15) is 0 Å². The fourth-order valence-electron chi connectivity index (χ4n) is 1.56. The summed E-state index contributed by atoms with van der Waals surface area (Å²) in [5.41, 5.74) is 0.226. The van der Waals surface area contributed by atoms with Gasteiger partial charge in [-0.15, -0.1) is 0 Å². The first-order valence-electron chi connectivity index (χ1n) is 4.82. The topological polar surface area (TPSA) is 35.5 Å². The van der Waals surface area contributed by atoms with Gasteiger partial charge >= 0.3 is 5.97 Å². The standard InChI is InChI=1S/C12H16O3/c1-10(13)15-12(2,9-14-3)11-7-5-4-6-8-11/h4-8H,9H2,1-3H3. The molecule has 0 aliphatic carbocycles. The lowest BCUT2D eigenvalue weighted by Crippen LogP contribution is -2.33. The van der Waals surface area contributed by atoms with Gasteiger partial charge < -0.3 is 9.47 Å². The molecule has 0 aliphatic rings. The first-order chi connectivity index (χ1) is 7.08. The third-order valence-corrected chi connectivity index (χ3v) is 2.17. The number of hydrogen-bond donors (Lipinski definition) is 0. The number of hydrogen-bond acceptors (Lipinski definition) is 3. The fourth-order valence-corrected chi connectivity index (χ4v) is 1.56. The second-order valence-corrected chi connectivity index (χ2v) is 3.62. The summed E-state index contributed by atoms with van der Waals surface area (Å²) < 4.78 is 10.4. The minimum absolute atomic E-state index is 0.307. The molecule has 0 spiro atoms. The zero-order valence-electron chi connectivity index (χ0n) is 9.32. The summed E-state index contributed by atoms with van der Waals surface area (Å²) >= 11 is 0. The van der Waals surface area contributed by atoms with Gasteiger partial charge in [0.15, 0.2) is 5.60 Å². The highest BCUT2D eigenvalue weighted by Crippen LogP contribution is 2.25. The number of carbonyl (C=O) groups excluding carboxylic acids is 1. The molecule has 0 saturated heterocycles. The SMILES string of the molecule is COCC(C)(OC(C)=O)c1ccccc1. The lowest BCUT2D eigenvalue weighted by Gasteiger charge is -2.28. The van der Waals surface area contributed by atoms with Gasteiger partial charge in [0, 0.05) is 14.0 Å². The van der Waals surface area contributed by atoms with Gasteiger partial charge in [-0.3, -0.25) is 4.79 Å². The van der Waals surface area contributed by atoms with Crippen LogP contribution in [0.25, 0.3) is 0 Å². The summed E-state index contributed by atoms with van der Waals surface area (Å²) in [4.78, 5) is 11.0. The Balaban J connectivity index is 2.95. The van der Waals surface area contributed by atoms with E-state index in [2.05, 4.69) is 0 Å². The molecule has 0 amide bonds. The summed E-state index contributed by atoms with van der Waals surface area (Å²) in [6.45, 7) is 3.58. The molecule has 0 bridgehead atoms.